The van der Waals surface area contributed by atoms with E-state index in [2.05, 4.69) is 17.3 Å². The molecule has 3 N–H and O–H groups in total. The molecule has 3 aromatic rings. The number of fused-ring (bicyclic) bond motifs is 1. The number of halogens is 2. The van der Waals surface area contributed by atoms with Gasteiger partial charge in [0.15, 0.2) is 0 Å². The molecule has 0 radical (unpaired) electrons. The maximum Gasteiger partial charge on any atom is 0.256 e. The normalized spacial score (nSPS) is 17.0. The second-order valence-electron chi connectivity index (χ2n) is 11.1. The lowest BCUT2D eigenvalue weighted by atomic mass is 9.88. The predicted molar refractivity (Wildman–Crippen MR) is 162 cm³/mol. The highest BCUT2D eigenvalue weighted by Gasteiger charge is 2.30. The van der Waals surface area contributed by atoms with E-state index >= 15 is 0 Å². The predicted octanol–water partition coefficient (Wildman–Crippen LogP) is 4.61. The molecule has 2 saturated heterocycles. The molecular formula is C31H41ClFN5O3. The van der Waals surface area contributed by atoms with Crippen molar-refractivity contribution in [1.82, 2.24) is 14.4 Å². The van der Waals surface area contributed by atoms with Crippen LogP contribution < -0.4 is 11.1 Å². The number of piperidine rings is 2. The number of anilines is 1. The standard InChI is InChI=1S/C31H40FN5O3.ClH/c1-35-12-8-23(9-13-35)30(38)34-27-4-3-5-28-29(27)25(20-37(28)16-17-40-2)31(39)36-14-10-22(11-15-36)24-18-21(19-33)6-7-26(24)32;/h3-7,18,20,22-23H,8-17,19,33H2,1-2H3,(H,34,38);1H. The fourth-order valence-corrected chi connectivity index (χ4v) is 6.10. The van der Waals surface area contributed by atoms with Crippen LogP contribution in [0.1, 0.15) is 53.1 Å². The molecule has 2 amide bonds. The molecule has 0 atom stereocenters. The maximum atomic E-state index is 14.6. The Bertz CT molecular complexity index is 1360. The van der Waals surface area contributed by atoms with Crippen molar-refractivity contribution in [2.75, 3.05) is 52.3 Å². The Hall–Kier alpha value is -2.98. The molecule has 8 nitrogen and oxygen atoms in total. The quantitative estimate of drug-likeness (QED) is 0.403. The van der Waals surface area contributed by atoms with Crippen molar-refractivity contribution in [3.63, 3.8) is 0 Å². The Morgan fingerprint density at radius 1 is 1.07 bits per heavy atom. The van der Waals surface area contributed by atoms with Gasteiger partial charge in [0.05, 0.1) is 23.4 Å². The van der Waals surface area contributed by atoms with E-state index in [1.807, 2.05) is 39.9 Å². The van der Waals surface area contributed by atoms with Crippen molar-refractivity contribution in [3.8, 4) is 0 Å². The summed E-state index contributed by atoms with van der Waals surface area (Å²) in [6, 6.07) is 10.9. The van der Waals surface area contributed by atoms with Crippen molar-refractivity contribution in [1.29, 1.82) is 0 Å². The largest absolute Gasteiger partial charge is 0.383 e. The molecular weight excluding hydrogens is 545 g/mol. The van der Waals surface area contributed by atoms with Gasteiger partial charge in [-0.15, -0.1) is 12.4 Å². The first-order chi connectivity index (χ1) is 19.4. The first-order valence-electron chi connectivity index (χ1n) is 14.3. The molecule has 222 valence electrons. The third-order valence-electron chi connectivity index (χ3n) is 8.54. The second kappa shape index (κ2) is 13.8. The highest BCUT2D eigenvalue weighted by molar-refractivity contribution is 6.13. The molecule has 3 heterocycles. The first-order valence-corrected chi connectivity index (χ1v) is 14.3. The number of hydrogen-bond donors (Lipinski definition) is 2. The summed E-state index contributed by atoms with van der Waals surface area (Å²) in [5.74, 6) is -0.280. The first kappa shape index (κ1) is 31.0. The number of aromatic nitrogens is 1. The van der Waals surface area contributed by atoms with E-state index in [9.17, 15) is 14.0 Å². The van der Waals surface area contributed by atoms with Crippen molar-refractivity contribution >= 4 is 40.8 Å². The minimum absolute atomic E-state index is 0. The van der Waals surface area contributed by atoms with Gasteiger partial charge in [0, 0.05) is 50.8 Å². The average molecular weight is 586 g/mol. The van der Waals surface area contributed by atoms with E-state index in [1.54, 1.807) is 13.2 Å². The van der Waals surface area contributed by atoms with Gasteiger partial charge < -0.3 is 30.2 Å². The van der Waals surface area contributed by atoms with Gasteiger partial charge in [0.25, 0.3) is 5.91 Å². The second-order valence-corrected chi connectivity index (χ2v) is 11.1. The monoisotopic (exact) mass is 585 g/mol. The topological polar surface area (TPSA) is 92.8 Å². The van der Waals surface area contributed by atoms with E-state index in [4.69, 9.17) is 10.5 Å². The summed E-state index contributed by atoms with van der Waals surface area (Å²) in [5, 5.41) is 3.92. The van der Waals surface area contributed by atoms with Crippen LogP contribution in [0.4, 0.5) is 10.1 Å². The Balaban J connectivity index is 0.00000387. The fourth-order valence-electron chi connectivity index (χ4n) is 6.10. The molecule has 0 aliphatic carbocycles. The molecule has 0 spiro atoms. The van der Waals surface area contributed by atoms with Crippen molar-refractivity contribution < 1.29 is 18.7 Å². The number of nitrogens with two attached hydrogens (primary N) is 1. The van der Waals surface area contributed by atoms with Crippen LogP contribution in [-0.4, -0.2) is 73.1 Å². The van der Waals surface area contributed by atoms with Gasteiger partial charge >= 0.3 is 0 Å². The van der Waals surface area contributed by atoms with Crippen LogP contribution in [-0.2, 0) is 22.6 Å². The molecule has 0 saturated carbocycles. The molecule has 2 fully saturated rings. The summed E-state index contributed by atoms with van der Waals surface area (Å²) in [5.41, 5.74) is 9.49. The van der Waals surface area contributed by atoms with E-state index in [1.165, 1.54) is 6.07 Å². The fraction of sp³-hybridized carbons (Fsp3) is 0.484. The molecule has 10 heteroatoms. The summed E-state index contributed by atoms with van der Waals surface area (Å²) in [7, 11) is 3.73. The van der Waals surface area contributed by atoms with Crippen LogP contribution in [0.5, 0.6) is 0 Å². The molecule has 0 bridgehead atoms. The maximum absolute atomic E-state index is 14.6. The van der Waals surface area contributed by atoms with Crippen LogP contribution in [0.2, 0.25) is 0 Å². The number of nitrogens with zero attached hydrogens (tertiary/aromatic N) is 3. The van der Waals surface area contributed by atoms with Gasteiger partial charge in [-0.3, -0.25) is 9.59 Å². The molecule has 2 aromatic carbocycles. The molecule has 2 aliphatic heterocycles. The van der Waals surface area contributed by atoms with Crippen LogP contribution in [0.15, 0.2) is 42.6 Å². The van der Waals surface area contributed by atoms with Crippen LogP contribution in [0, 0.1) is 11.7 Å². The minimum Gasteiger partial charge on any atom is -0.383 e. The number of carbonyl (C=O) groups is 2. The number of nitrogens with one attached hydrogen (secondary N) is 1. The Labute approximate surface area is 247 Å². The van der Waals surface area contributed by atoms with Crippen molar-refractivity contribution in [2.24, 2.45) is 11.7 Å². The summed E-state index contributed by atoms with van der Waals surface area (Å²) >= 11 is 0. The van der Waals surface area contributed by atoms with E-state index < -0.39 is 0 Å². The smallest absolute Gasteiger partial charge is 0.256 e. The zero-order valence-corrected chi connectivity index (χ0v) is 24.7. The van der Waals surface area contributed by atoms with E-state index in [-0.39, 0.29) is 41.9 Å². The van der Waals surface area contributed by atoms with E-state index in [0.717, 1.165) is 42.4 Å². The Morgan fingerprint density at radius 2 is 1.80 bits per heavy atom. The number of ether oxygens (including phenoxy) is 1. The zero-order valence-electron chi connectivity index (χ0n) is 23.9. The number of benzene rings is 2. The number of carbonyl (C=O) groups excluding carboxylic acids is 2. The lowest BCUT2D eigenvalue weighted by molar-refractivity contribution is -0.121. The molecule has 41 heavy (non-hydrogen) atoms. The van der Waals surface area contributed by atoms with Crippen LogP contribution in [0.25, 0.3) is 10.9 Å². The number of methoxy groups -OCH3 is 1. The third-order valence-corrected chi connectivity index (χ3v) is 8.54. The third kappa shape index (κ3) is 6.75. The lowest BCUT2D eigenvalue weighted by Gasteiger charge is -2.32. The number of likely N-dealkylation sites (tertiary alicyclic amines) is 2. The summed E-state index contributed by atoms with van der Waals surface area (Å²) < 4.78 is 22.0. The Morgan fingerprint density at radius 3 is 2.49 bits per heavy atom. The highest BCUT2D eigenvalue weighted by Crippen LogP contribution is 2.34. The van der Waals surface area contributed by atoms with Crippen molar-refractivity contribution in [3.05, 3.63) is 65.1 Å². The minimum atomic E-state index is -0.215. The van der Waals surface area contributed by atoms with Gasteiger partial charge in [-0.05, 0) is 81.1 Å². The summed E-state index contributed by atoms with van der Waals surface area (Å²) in [4.78, 5) is 31.3. The van der Waals surface area contributed by atoms with Crippen LogP contribution >= 0.6 is 12.4 Å². The average Bonchev–Trinajstić information content (AvgIpc) is 3.36. The van der Waals surface area contributed by atoms with E-state index in [0.29, 0.717) is 62.4 Å². The molecule has 0 unspecified atom stereocenters. The lowest BCUT2D eigenvalue weighted by Crippen LogP contribution is -2.38. The molecule has 2 aliphatic rings. The van der Waals surface area contributed by atoms with Crippen LogP contribution in [0.3, 0.4) is 0 Å². The SMILES string of the molecule is COCCn1cc(C(=O)N2CCC(c3cc(CN)ccc3F)CC2)c2c(NC(=O)C3CCN(C)CC3)cccc21.Cl. The number of hydrogen-bond acceptors (Lipinski definition) is 5. The Kier molecular flexibility index (Phi) is 10.4. The van der Waals surface area contributed by atoms with Gasteiger partial charge in [-0.1, -0.05) is 18.2 Å². The number of amides is 2. The van der Waals surface area contributed by atoms with Gasteiger partial charge in [0.2, 0.25) is 5.91 Å². The van der Waals surface area contributed by atoms with Gasteiger partial charge in [-0.2, -0.15) is 0 Å². The molecule has 1 aromatic heterocycles. The van der Waals surface area contributed by atoms with Gasteiger partial charge in [-0.25, -0.2) is 4.39 Å². The number of rotatable bonds is 8. The summed E-state index contributed by atoms with van der Waals surface area (Å²) in [6.45, 7) is 4.32. The summed E-state index contributed by atoms with van der Waals surface area (Å²) in [6.07, 6.45) is 4.89. The van der Waals surface area contributed by atoms with Crippen molar-refractivity contribution in [2.45, 2.75) is 44.7 Å². The molecule has 5 rings (SSSR count). The van der Waals surface area contributed by atoms with Gasteiger partial charge in [0.1, 0.15) is 5.82 Å². The highest BCUT2D eigenvalue weighted by atomic mass is 35.5. The zero-order chi connectivity index (χ0) is 28.2.